The summed E-state index contributed by atoms with van der Waals surface area (Å²) in [5.74, 6) is 5.34. The first-order valence-corrected chi connectivity index (χ1v) is 15.2. The summed E-state index contributed by atoms with van der Waals surface area (Å²) in [4.78, 5) is 16.1. The van der Waals surface area contributed by atoms with Crippen molar-refractivity contribution < 1.29 is 13.9 Å². The van der Waals surface area contributed by atoms with Crippen LogP contribution in [0.4, 0.5) is 21.7 Å². The minimum absolute atomic E-state index is 0.280. The van der Waals surface area contributed by atoms with Crippen molar-refractivity contribution in [2.24, 2.45) is 11.0 Å². The number of aromatic nitrogens is 3. The molecule has 1 unspecified atom stereocenters. The van der Waals surface area contributed by atoms with Crippen LogP contribution in [0.2, 0.25) is 0 Å². The summed E-state index contributed by atoms with van der Waals surface area (Å²) in [6.45, 7) is 13.0. The van der Waals surface area contributed by atoms with Crippen LogP contribution in [0.1, 0.15) is 58.9 Å². The first kappa shape index (κ1) is 32.3. The van der Waals surface area contributed by atoms with Crippen LogP contribution in [0.25, 0.3) is 11.0 Å². The molecule has 0 amide bonds. The Labute approximate surface area is 259 Å². The van der Waals surface area contributed by atoms with Crippen molar-refractivity contribution in [3.63, 3.8) is 0 Å². The van der Waals surface area contributed by atoms with Gasteiger partial charge in [0.1, 0.15) is 29.2 Å². The number of aryl methyl sites for hydroxylation is 1. The second kappa shape index (κ2) is 15.7. The number of anilines is 3. The molecule has 0 saturated heterocycles. The van der Waals surface area contributed by atoms with Crippen molar-refractivity contribution in [3.8, 4) is 23.8 Å². The van der Waals surface area contributed by atoms with E-state index in [4.69, 9.17) is 20.9 Å². The molecule has 0 bridgehead atoms. The summed E-state index contributed by atoms with van der Waals surface area (Å²) in [6.07, 6.45) is 17.7. The molecule has 0 aliphatic carbocycles. The normalized spacial score (nSPS) is 15.9. The van der Waals surface area contributed by atoms with Gasteiger partial charge < -0.3 is 19.7 Å². The number of pyridine rings is 1. The largest absolute Gasteiger partial charge is 0.489 e. The van der Waals surface area contributed by atoms with Crippen molar-refractivity contribution in [2.75, 3.05) is 36.5 Å². The number of hydrogen-bond donors (Lipinski definition) is 1. The number of nitrogens with zero attached hydrogens (tertiary/aromatic N) is 6. The number of halogens is 1. The highest BCUT2D eigenvalue weighted by atomic mass is 19.1. The zero-order chi connectivity index (χ0) is 31.5. The highest BCUT2D eigenvalue weighted by Crippen LogP contribution is 2.36. The van der Waals surface area contributed by atoms with Crippen LogP contribution in [-0.2, 0) is 0 Å². The lowest BCUT2D eigenvalue weighted by Crippen LogP contribution is -2.30. The van der Waals surface area contributed by atoms with Gasteiger partial charge in [-0.1, -0.05) is 33.6 Å². The van der Waals surface area contributed by atoms with E-state index in [1.165, 1.54) is 12.4 Å². The number of ether oxygens (including phenoxy) is 2. The molecular weight excluding hydrogens is 557 g/mol. The summed E-state index contributed by atoms with van der Waals surface area (Å²) in [7, 11) is 0. The Balaban J connectivity index is 0.00000104. The van der Waals surface area contributed by atoms with Crippen molar-refractivity contribution in [1.29, 1.82) is 0 Å². The Morgan fingerprint density at radius 2 is 2.07 bits per heavy atom. The Kier molecular flexibility index (Phi) is 11.5. The number of allylic oxidation sites excluding steroid dienone is 1. The summed E-state index contributed by atoms with van der Waals surface area (Å²) in [5, 5.41) is 9.14. The fourth-order valence-corrected chi connectivity index (χ4v) is 4.78. The van der Waals surface area contributed by atoms with Gasteiger partial charge in [0.2, 0.25) is 0 Å². The van der Waals surface area contributed by atoms with E-state index in [0.717, 1.165) is 55.9 Å². The van der Waals surface area contributed by atoms with Gasteiger partial charge in [-0.05, 0) is 44.1 Å². The van der Waals surface area contributed by atoms with Crippen molar-refractivity contribution >= 4 is 34.6 Å². The topological polar surface area (TPSA) is 88.0 Å². The van der Waals surface area contributed by atoms with Crippen molar-refractivity contribution in [2.45, 2.75) is 60.3 Å². The highest BCUT2D eigenvalue weighted by molar-refractivity contribution is 5.90. The maximum atomic E-state index is 15.3. The van der Waals surface area contributed by atoms with Crippen molar-refractivity contribution in [1.82, 2.24) is 20.0 Å². The Hall–Kier alpha value is -4.65. The van der Waals surface area contributed by atoms with Gasteiger partial charge in [0.15, 0.2) is 17.4 Å². The van der Waals surface area contributed by atoms with Crippen LogP contribution in [0.15, 0.2) is 53.7 Å². The first-order chi connectivity index (χ1) is 21.4. The van der Waals surface area contributed by atoms with Gasteiger partial charge >= 0.3 is 0 Å². The number of nitrogens with one attached hydrogen (secondary N) is 1. The molecule has 0 radical (unpaired) electrons. The molecule has 1 atom stereocenters. The van der Waals surface area contributed by atoms with E-state index in [1.807, 2.05) is 39.1 Å². The number of hydrogen-bond acceptors (Lipinski definition) is 9. The number of fused-ring (bicyclic) bond motifs is 2. The van der Waals surface area contributed by atoms with Gasteiger partial charge in [-0.3, -0.25) is 5.01 Å². The number of terminal acetylenes is 1. The zero-order valence-electron chi connectivity index (χ0n) is 26.3. The minimum Gasteiger partial charge on any atom is -0.489 e. The fourth-order valence-electron chi connectivity index (χ4n) is 4.78. The van der Waals surface area contributed by atoms with Crippen LogP contribution >= 0.6 is 0 Å². The molecule has 5 rings (SSSR count). The molecule has 0 fully saturated rings. The van der Waals surface area contributed by atoms with Gasteiger partial charge in [0.05, 0.1) is 24.4 Å². The van der Waals surface area contributed by atoms with E-state index in [9.17, 15) is 0 Å². The molecular formula is C34H42FN7O2. The molecule has 0 spiro atoms. The van der Waals surface area contributed by atoms with Crippen LogP contribution in [0.5, 0.6) is 11.5 Å². The van der Waals surface area contributed by atoms with E-state index < -0.39 is 5.82 Å². The standard InChI is InChI=1S/C30H36FN7O2.C4H6/c1-5-7-8-11-37-17-20(3)18-39-27-16-25-28(36-30(27)37)29(33-19-32-25)35-24-14-21(4)26(15-23(24)31)40-22-9-12-38(13-10-22)34-6-2;1-3-4-2/h6,9-10,12,14-16,19-20H,5,7-8,11,13,17-18H2,1-4H3,(H,32,33,35);1H,4H2,2H3/b34-6-;. The average molecular weight is 600 g/mol. The molecule has 10 heteroatoms. The van der Waals surface area contributed by atoms with Gasteiger partial charge in [-0.15, -0.1) is 12.3 Å². The van der Waals surface area contributed by atoms with Gasteiger partial charge in [-0.25, -0.2) is 19.3 Å². The Morgan fingerprint density at radius 1 is 1.25 bits per heavy atom. The molecule has 232 valence electrons. The first-order valence-electron chi connectivity index (χ1n) is 15.2. The monoisotopic (exact) mass is 599 g/mol. The fraction of sp³-hybridized carbons (Fsp3) is 0.412. The molecule has 9 nitrogen and oxygen atoms in total. The van der Waals surface area contributed by atoms with E-state index in [1.54, 1.807) is 23.4 Å². The van der Waals surface area contributed by atoms with Crippen LogP contribution < -0.4 is 19.7 Å². The Bertz CT molecular complexity index is 1560. The summed E-state index contributed by atoms with van der Waals surface area (Å²) in [6, 6.07) is 5.01. The van der Waals surface area contributed by atoms with Crippen LogP contribution in [0, 0.1) is 31.0 Å². The number of rotatable bonds is 9. The third-order valence-electron chi connectivity index (χ3n) is 7.05. The van der Waals surface area contributed by atoms with Crippen LogP contribution in [-0.4, -0.2) is 52.4 Å². The Morgan fingerprint density at radius 3 is 2.77 bits per heavy atom. The summed E-state index contributed by atoms with van der Waals surface area (Å²) >= 11 is 0. The maximum Gasteiger partial charge on any atom is 0.172 e. The molecule has 2 aliphatic rings. The average Bonchev–Trinajstić information content (AvgIpc) is 3.18. The highest BCUT2D eigenvalue weighted by Gasteiger charge is 2.24. The van der Waals surface area contributed by atoms with E-state index in [0.29, 0.717) is 47.4 Å². The number of hydrazone groups is 1. The number of benzene rings is 1. The third kappa shape index (κ3) is 8.25. The zero-order valence-corrected chi connectivity index (χ0v) is 26.3. The second-order valence-electron chi connectivity index (χ2n) is 10.8. The lowest BCUT2D eigenvalue weighted by atomic mass is 10.1. The summed E-state index contributed by atoms with van der Waals surface area (Å²) in [5.41, 5.74) is 2.25. The smallest absolute Gasteiger partial charge is 0.172 e. The van der Waals surface area contributed by atoms with E-state index in [-0.39, 0.29) is 5.69 Å². The molecule has 0 saturated carbocycles. The predicted molar refractivity (Wildman–Crippen MR) is 176 cm³/mol. The molecule has 2 aliphatic heterocycles. The quantitative estimate of drug-likeness (QED) is 0.155. The van der Waals surface area contributed by atoms with Crippen LogP contribution in [0.3, 0.4) is 0 Å². The second-order valence-corrected chi connectivity index (χ2v) is 10.8. The number of unbranched alkanes of at least 4 members (excludes halogenated alkanes) is 2. The molecule has 1 N–H and O–H groups in total. The lowest BCUT2D eigenvalue weighted by molar-refractivity contribution is 0.273. The maximum absolute atomic E-state index is 15.3. The molecule has 2 aromatic heterocycles. The molecule has 44 heavy (non-hydrogen) atoms. The molecule has 1 aromatic carbocycles. The van der Waals surface area contributed by atoms with Gasteiger partial charge in [0.25, 0.3) is 0 Å². The molecule has 4 heterocycles. The van der Waals surface area contributed by atoms with Gasteiger partial charge in [0, 0.05) is 50.0 Å². The molecule has 3 aromatic rings. The van der Waals surface area contributed by atoms with E-state index >= 15 is 4.39 Å². The predicted octanol–water partition coefficient (Wildman–Crippen LogP) is 7.37. The summed E-state index contributed by atoms with van der Waals surface area (Å²) < 4.78 is 27.4. The van der Waals surface area contributed by atoms with Crippen molar-refractivity contribution in [3.05, 3.63) is 60.0 Å². The lowest BCUT2D eigenvalue weighted by Gasteiger charge is -2.24. The SMILES string of the molecule is C#CCC.C/C=N\N1C=CC(Oc2cc(F)c(Nc3ncnc4cc5c(nc34)N(CCCCC)CC(C)CO5)cc2C)=CC1. The third-order valence-corrected chi connectivity index (χ3v) is 7.05. The minimum atomic E-state index is -0.460. The van der Waals surface area contributed by atoms with E-state index in [2.05, 4.69) is 45.1 Å². The van der Waals surface area contributed by atoms with Gasteiger partial charge in [-0.2, -0.15) is 5.10 Å².